The molecule has 0 aliphatic carbocycles. The Hall–Kier alpha value is -3.48. The van der Waals surface area contributed by atoms with Crippen LogP contribution in [0.15, 0.2) is 48.5 Å². The van der Waals surface area contributed by atoms with E-state index in [1.807, 2.05) is 0 Å². The predicted molar refractivity (Wildman–Crippen MR) is 127 cm³/mol. The summed E-state index contributed by atoms with van der Waals surface area (Å²) in [5.74, 6) is 0. The van der Waals surface area contributed by atoms with Crippen molar-refractivity contribution in [3.05, 3.63) is 70.8 Å². The molecule has 214 valence electrons. The number of ether oxygens (including phenoxy) is 2. The van der Waals surface area contributed by atoms with Crippen LogP contribution in [0.2, 0.25) is 0 Å². The lowest BCUT2D eigenvalue weighted by molar-refractivity contribution is -0.143. The van der Waals surface area contributed by atoms with Gasteiger partial charge in [-0.1, -0.05) is 30.3 Å². The fraction of sp³-hybridized carbons (Fsp3) is 0.462. The molecule has 2 aromatic carbocycles. The van der Waals surface area contributed by atoms with Gasteiger partial charge in [-0.25, -0.2) is 9.59 Å². The van der Waals surface area contributed by atoms with Gasteiger partial charge < -0.3 is 19.5 Å². The number of alkyl halides is 6. The van der Waals surface area contributed by atoms with E-state index >= 15 is 0 Å². The third-order valence-corrected chi connectivity index (χ3v) is 6.77. The molecule has 1 saturated heterocycles. The average Bonchev–Trinajstić information content (AvgIpc) is 2.85. The summed E-state index contributed by atoms with van der Waals surface area (Å²) in [4.78, 5) is 27.3. The number of carbonyl (C=O) groups is 2. The lowest BCUT2D eigenvalue weighted by atomic mass is 9.79. The summed E-state index contributed by atoms with van der Waals surface area (Å²) in [6.45, 7) is 1.00. The van der Waals surface area contributed by atoms with E-state index in [-0.39, 0.29) is 25.3 Å². The second-order valence-corrected chi connectivity index (χ2v) is 9.61. The number of hydrogen-bond donors (Lipinski definition) is 1. The molecule has 3 atom stereocenters. The second kappa shape index (κ2) is 11.3. The van der Waals surface area contributed by atoms with E-state index in [1.165, 1.54) is 7.11 Å². The normalized spacial score (nSPS) is 21.9. The van der Waals surface area contributed by atoms with Gasteiger partial charge in [0.1, 0.15) is 6.23 Å². The molecule has 1 fully saturated rings. The van der Waals surface area contributed by atoms with Gasteiger partial charge in [0, 0.05) is 26.1 Å². The first-order chi connectivity index (χ1) is 18.1. The smallest absolute Gasteiger partial charge is 0.416 e. The largest absolute Gasteiger partial charge is 0.465 e. The zero-order valence-corrected chi connectivity index (χ0v) is 21.3. The number of amides is 2. The summed E-state index contributed by atoms with van der Waals surface area (Å²) in [7, 11) is 2.31. The minimum Gasteiger partial charge on any atom is -0.465 e. The summed E-state index contributed by atoms with van der Waals surface area (Å²) in [6, 6.07) is 9.15. The van der Waals surface area contributed by atoms with Gasteiger partial charge in [0.25, 0.3) is 0 Å². The number of piperidine rings is 1. The molecule has 39 heavy (non-hydrogen) atoms. The van der Waals surface area contributed by atoms with Gasteiger partial charge in [-0.15, -0.1) is 0 Å². The Balaban J connectivity index is 2.05. The molecule has 13 heteroatoms. The SMILES string of the molecule is COC(=O)N(Cc1cc(C(F)(F)F)cc(C(F)(F)F)c1)C1CC(OC)N(C(=O)O)C(C)(Cc2ccccc2)C1. The highest BCUT2D eigenvalue weighted by Gasteiger charge is 2.49. The van der Waals surface area contributed by atoms with Gasteiger partial charge in [0.15, 0.2) is 0 Å². The van der Waals surface area contributed by atoms with E-state index < -0.39 is 65.6 Å². The van der Waals surface area contributed by atoms with Gasteiger partial charge in [-0.3, -0.25) is 4.90 Å². The number of carboxylic acid groups (broad SMARTS) is 1. The predicted octanol–water partition coefficient (Wildman–Crippen LogP) is 6.41. The van der Waals surface area contributed by atoms with E-state index in [1.54, 1.807) is 37.3 Å². The number of methoxy groups -OCH3 is 2. The molecule has 1 aliphatic rings. The topological polar surface area (TPSA) is 79.3 Å². The molecule has 1 heterocycles. The number of likely N-dealkylation sites (tertiary alicyclic amines) is 1. The zero-order chi connectivity index (χ0) is 29.2. The summed E-state index contributed by atoms with van der Waals surface area (Å²) >= 11 is 0. The monoisotopic (exact) mass is 562 g/mol. The highest BCUT2D eigenvalue weighted by Crippen LogP contribution is 2.40. The Bertz CT molecular complexity index is 1140. The van der Waals surface area contributed by atoms with Crippen molar-refractivity contribution in [2.75, 3.05) is 14.2 Å². The van der Waals surface area contributed by atoms with Gasteiger partial charge >= 0.3 is 24.5 Å². The molecule has 0 bridgehead atoms. The Morgan fingerprint density at radius 3 is 2.03 bits per heavy atom. The van der Waals surface area contributed by atoms with Crippen LogP contribution >= 0.6 is 0 Å². The lowest BCUT2D eigenvalue weighted by Crippen LogP contribution is -2.64. The molecule has 0 aromatic heterocycles. The third-order valence-electron chi connectivity index (χ3n) is 6.77. The quantitative estimate of drug-likeness (QED) is 0.412. The van der Waals surface area contributed by atoms with Crippen molar-refractivity contribution < 1.29 is 50.5 Å². The molecule has 1 N–H and O–H groups in total. The van der Waals surface area contributed by atoms with Crippen molar-refractivity contribution in [1.82, 2.24) is 9.80 Å². The van der Waals surface area contributed by atoms with Crippen molar-refractivity contribution in [2.45, 2.75) is 62.9 Å². The summed E-state index contributed by atoms with van der Waals surface area (Å²) in [5.41, 5.74) is -3.82. The van der Waals surface area contributed by atoms with E-state index in [0.717, 1.165) is 22.5 Å². The first-order valence-corrected chi connectivity index (χ1v) is 11.8. The van der Waals surface area contributed by atoms with Crippen molar-refractivity contribution in [1.29, 1.82) is 0 Å². The maximum Gasteiger partial charge on any atom is 0.416 e. The van der Waals surface area contributed by atoms with Gasteiger partial charge in [-0.05, 0) is 49.1 Å². The van der Waals surface area contributed by atoms with E-state index in [9.17, 15) is 41.0 Å². The van der Waals surface area contributed by atoms with Crippen molar-refractivity contribution in [2.24, 2.45) is 0 Å². The van der Waals surface area contributed by atoms with Crippen molar-refractivity contribution >= 4 is 12.2 Å². The van der Waals surface area contributed by atoms with Crippen molar-refractivity contribution in [3.8, 4) is 0 Å². The van der Waals surface area contributed by atoms with Crippen LogP contribution in [0.3, 0.4) is 0 Å². The molecular formula is C26H28F6N2O5. The highest BCUT2D eigenvalue weighted by atomic mass is 19.4. The fourth-order valence-corrected chi connectivity index (χ4v) is 5.13. The van der Waals surface area contributed by atoms with Crippen LogP contribution in [0.4, 0.5) is 35.9 Å². The van der Waals surface area contributed by atoms with Gasteiger partial charge in [-0.2, -0.15) is 26.3 Å². The average molecular weight is 563 g/mol. The highest BCUT2D eigenvalue weighted by molar-refractivity contribution is 5.69. The molecule has 3 unspecified atom stereocenters. The first-order valence-electron chi connectivity index (χ1n) is 11.8. The Labute approximate surface area is 220 Å². The summed E-state index contributed by atoms with van der Waals surface area (Å²) in [5, 5.41) is 10.0. The maximum atomic E-state index is 13.4. The molecule has 0 saturated carbocycles. The Kier molecular flexibility index (Phi) is 8.73. The van der Waals surface area contributed by atoms with Crippen molar-refractivity contribution in [3.63, 3.8) is 0 Å². The molecule has 1 aliphatic heterocycles. The number of nitrogens with zero attached hydrogens (tertiary/aromatic N) is 2. The van der Waals surface area contributed by atoms with Crippen LogP contribution in [0.5, 0.6) is 0 Å². The molecular weight excluding hydrogens is 534 g/mol. The molecule has 2 aromatic rings. The third kappa shape index (κ3) is 6.94. The van der Waals surface area contributed by atoms with Gasteiger partial charge in [0.05, 0.1) is 23.8 Å². The summed E-state index contributed by atoms with van der Waals surface area (Å²) < 4.78 is 90.8. The number of benzene rings is 2. The first kappa shape index (κ1) is 30.1. The number of rotatable bonds is 6. The van der Waals surface area contributed by atoms with Gasteiger partial charge in [0.2, 0.25) is 0 Å². The summed E-state index contributed by atoms with van der Waals surface area (Å²) in [6.07, 6.45) is -13.3. The molecule has 0 spiro atoms. The van der Waals surface area contributed by atoms with E-state index in [0.29, 0.717) is 12.1 Å². The molecule has 7 nitrogen and oxygen atoms in total. The Morgan fingerprint density at radius 2 is 1.56 bits per heavy atom. The molecule has 0 radical (unpaired) electrons. The molecule has 2 amide bonds. The number of halogens is 6. The number of carbonyl (C=O) groups excluding carboxylic acids is 1. The standard InChI is InChI=1S/C26H28F6N2O5/c1-24(13-16-7-5-4-6-8-16)14-20(12-21(38-2)34(24)22(35)36)33(23(37)39-3)15-17-9-18(25(27,28)29)11-19(10-17)26(30,31)32/h4-11,20-21H,12-15H2,1-3H3,(H,35,36). The number of hydrogen-bond acceptors (Lipinski definition) is 4. The van der Waals surface area contributed by atoms with Crippen LogP contribution in [-0.4, -0.2) is 59.1 Å². The minimum atomic E-state index is -5.06. The van der Waals surface area contributed by atoms with Crippen LogP contribution in [0.25, 0.3) is 0 Å². The second-order valence-electron chi connectivity index (χ2n) is 9.61. The van der Waals surface area contributed by atoms with E-state index in [2.05, 4.69) is 0 Å². The lowest BCUT2D eigenvalue weighted by Gasteiger charge is -2.52. The fourth-order valence-electron chi connectivity index (χ4n) is 5.13. The minimum absolute atomic E-state index is 0.00818. The molecule has 3 rings (SSSR count). The van der Waals surface area contributed by atoms with Crippen LogP contribution in [0, 0.1) is 0 Å². The van der Waals surface area contributed by atoms with Crippen LogP contribution < -0.4 is 0 Å². The van der Waals surface area contributed by atoms with E-state index in [4.69, 9.17) is 9.47 Å². The van der Waals surface area contributed by atoms with Crippen LogP contribution in [-0.2, 0) is 34.8 Å². The van der Waals surface area contributed by atoms with Crippen LogP contribution in [0.1, 0.15) is 42.0 Å². The zero-order valence-electron chi connectivity index (χ0n) is 21.3. The maximum absolute atomic E-state index is 13.4. The Morgan fingerprint density at radius 1 is 1.00 bits per heavy atom.